The van der Waals surface area contributed by atoms with Crippen molar-refractivity contribution in [2.45, 2.75) is 0 Å². The number of rotatable bonds is 2. The molecule has 7 heteroatoms. The Hall–Kier alpha value is -2.05. The summed E-state index contributed by atoms with van der Waals surface area (Å²) < 4.78 is 5.17. The van der Waals surface area contributed by atoms with Gasteiger partial charge in [-0.05, 0) is 42.1 Å². The van der Waals surface area contributed by atoms with Crippen LogP contribution in [0.25, 0.3) is 17.0 Å². The zero-order valence-electron chi connectivity index (χ0n) is 10.8. The van der Waals surface area contributed by atoms with Gasteiger partial charge in [0.25, 0.3) is 11.1 Å². The van der Waals surface area contributed by atoms with Crippen LogP contribution in [0.4, 0.5) is 4.79 Å². The van der Waals surface area contributed by atoms with Gasteiger partial charge in [0.05, 0.1) is 17.5 Å². The lowest BCUT2D eigenvalue weighted by Gasteiger charge is -2.05. The number of hydrogen-bond acceptors (Lipinski definition) is 5. The molecule has 0 aliphatic carbocycles. The molecule has 0 saturated carbocycles. The number of nitrogens with zero attached hydrogens (tertiary/aromatic N) is 1. The van der Waals surface area contributed by atoms with E-state index in [1.165, 1.54) is 0 Å². The van der Waals surface area contributed by atoms with Crippen LogP contribution in [0.3, 0.4) is 0 Å². The van der Waals surface area contributed by atoms with Gasteiger partial charge in [0, 0.05) is 10.9 Å². The van der Waals surface area contributed by atoms with Gasteiger partial charge in [-0.1, -0.05) is 11.6 Å². The number of benzene rings is 1. The molecule has 0 radical (unpaired) electrons. The molecule has 2 aromatic rings. The van der Waals surface area contributed by atoms with Crippen LogP contribution in [0.5, 0.6) is 5.75 Å². The predicted molar refractivity (Wildman–Crippen MR) is 82.4 cm³/mol. The van der Waals surface area contributed by atoms with Crippen molar-refractivity contribution >= 4 is 51.5 Å². The molecule has 1 fully saturated rings. The second-order valence-corrected chi connectivity index (χ2v) is 5.65. The van der Waals surface area contributed by atoms with E-state index in [1.807, 2.05) is 6.07 Å². The highest BCUT2D eigenvalue weighted by atomic mass is 35.5. The van der Waals surface area contributed by atoms with Crippen LogP contribution in [0, 0.1) is 0 Å². The molecule has 1 aromatic carbocycles. The lowest BCUT2D eigenvalue weighted by Crippen LogP contribution is -2.17. The van der Waals surface area contributed by atoms with E-state index in [2.05, 4.69) is 10.3 Å². The van der Waals surface area contributed by atoms with Crippen molar-refractivity contribution in [2.24, 2.45) is 0 Å². The topological polar surface area (TPSA) is 68.3 Å². The molecule has 1 aliphatic rings. The molecule has 0 bridgehead atoms. The molecule has 1 N–H and O–H groups in total. The summed E-state index contributed by atoms with van der Waals surface area (Å²) in [7, 11) is 1.58. The molecular weight excluding hydrogens is 312 g/mol. The molecule has 3 rings (SSSR count). The minimum atomic E-state index is -0.424. The predicted octanol–water partition coefficient (Wildman–Crippen LogP) is 3.22. The van der Waals surface area contributed by atoms with E-state index in [9.17, 15) is 9.59 Å². The molecular formula is C14H9ClN2O3S. The van der Waals surface area contributed by atoms with E-state index in [1.54, 1.807) is 31.4 Å². The highest BCUT2D eigenvalue weighted by Gasteiger charge is 2.25. The van der Waals surface area contributed by atoms with Crippen molar-refractivity contribution in [1.82, 2.24) is 10.3 Å². The van der Waals surface area contributed by atoms with E-state index in [4.69, 9.17) is 16.3 Å². The van der Waals surface area contributed by atoms with E-state index < -0.39 is 11.1 Å². The SMILES string of the molecule is COc1ccc2nc(Cl)c(/C=C3\SC(=O)NC3=O)cc2c1. The van der Waals surface area contributed by atoms with Crippen LogP contribution in [-0.4, -0.2) is 23.2 Å². The molecule has 5 nitrogen and oxygen atoms in total. The number of fused-ring (bicyclic) bond motifs is 1. The molecule has 2 heterocycles. The smallest absolute Gasteiger partial charge is 0.290 e. The Kier molecular flexibility index (Phi) is 3.57. The van der Waals surface area contributed by atoms with Crippen molar-refractivity contribution in [3.63, 3.8) is 0 Å². The second-order valence-electron chi connectivity index (χ2n) is 4.28. The first-order valence-corrected chi connectivity index (χ1v) is 7.15. The molecule has 1 aromatic heterocycles. The number of amides is 2. The third-order valence-electron chi connectivity index (χ3n) is 2.93. The van der Waals surface area contributed by atoms with Crippen molar-refractivity contribution in [2.75, 3.05) is 7.11 Å². The van der Waals surface area contributed by atoms with Gasteiger partial charge in [0.1, 0.15) is 10.9 Å². The number of thioether (sulfide) groups is 1. The number of pyridine rings is 1. The summed E-state index contributed by atoms with van der Waals surface area (Å²) >= 11 is 6.97. The summed E-state index contributed by atoms with van der Waals surface area (Å²) in [4.78, 5) is 27.3. The average Bonchev–Trinajstić information content (AvgIpc) is 2.77. The Balaban J connectivity index is 2.10. The third kappa shape index (κ3) is 2.72. The summed E-state index contributed by atoms with van der Waals surface area (Å²) in [5.41, 5.74) is 1.30. The van der Waals surface area contributed by atoms with Gasteiger partial charge < -0.3 is 4.74 Å². The maximum atomic E-state index is 11.6. The Morgan fingerprint density at radius 1 is 1.33 bits per heavy atom. The zero-order chi connectivity index (χ0) is 15.0. The number of carbonyl (C=O) groups is 2. The van der Waals surface area contributed by atoms with E-state index in [0.717, 1.165) is 22.7 Å². The van der Waals surface area contributed by atoms with Crippen LogP contribution < -0.4 is 10.1 Å². The first kappa shape index (κ1) is 13.9. The monoisotopic (exact) mass is 320 g/mol. The number of aromatic nitrogens is 1. The minimum absolute atomic E-state index is 0.271. The normalized spacial score (nSPS) is 16.6. The third-order valence-corrected chi connectivity index (χ3v) is 4.04. The van der Waals surface area contributed by atoms with Gasteiger partial charge in [0.15, 0.2) is 0 Å². The molecule has 2 amide bonds. The molecule has 0 spiro atoms. The molecule has 0 unspecified atom stereocenters. The Bertz CT molecular complexity index is 804. The molecule has 0 atom stereocenters. The number of imide groups is 1. The van der Waals surface area contributed by atoms with Crippen LogP contribution in [0.2, 0.25) is 5.15 Å². The first-order valence-electron chi connectivity index (χ1n) is 5.96. The fraction of sp³-hybridized carbons (Fsp3) is 0.0714. The summed E-state index contributed by atoms with van der Waals surface area (Å²) in [6, 6.07) is 7.23. The van der Waals surface area contributed by atoms with Crippen LogP contribution in [-0.2, 0) is 4.79 Å². The standard InChI is InChI=1S/C14H9ClN2O3S/c1-20-9-2-3-10-7(5-9)4-8(12(15)16-10)6-11-13(18)17-14(19)21-11/h2-6H,1H3,(H,17,18,19)/b11-6-. The summed E-state index contributed by atoms with van der Waals surface area (Å²) in [6.45, 7) is 0. The lowest BCUT2D eigenvalue weighted by atomic mass is 10.1. The number of halogens is 1. The number of methoxy groups -OCH3 is 1. The minimum Gasteiger partial charge on any atom is -0.497 e. The summed E-state index contributed by atoms with van der Waals surface area (Å²) in [5, 5.41) is 2.91. The van der Waals surface area contributed by atoms with Crippen molar-refractivity contribution in [3.8, 4) is 5.75 Å². The average molecular weight is 321 g/mol. The van der Waals surface area contributed by atoms with Gasteiger partial charge in [-0.3, -0.25) is 14.9 Å². The summed E-state index contributed by atoms with van der Waals surface area (Å²) in [5.74, 6) is 0.278. The Morgan fingerprint density at radius 3 is 2.81 bits per heavy atom. The molecule has 1 saturated heterocycles. The maximum Gasteiger partial charge on any atom is 0.290 e. The van der Waals surface area contributed by atoms with Gasteiger partial charge in [-0.15, -0.1) is 0 Å². The maximum absolute atomic E-state index is 11.6. The van der Waals surface area contributed by atoms with Crippen molar-refractivity contribution in [1.29, 1.82) is 0 Å². The van der Waals surface area contributed by atoms with Crippen LogP contribution >= 0.6 is 23.4 Å². The molecule has 21 heavy (non-hydrogen) atoms. The fourth-order valence-electron chi connectivity index (χ4n) is 1.94. The van der Waals surface area contributed by atoms with Gasteiger partial charge in [-0.25, -0.2) is 4.98 Å². The quantitative estimate of drug-likeness (QED) is 0.679. The lowest BCUT2D eigenvalue weighted by molar-refractivity contribution is -0.115. The van der Waals surface area contributed by atoms with Crippen molar-refractivity contribution < 1.29 is 14.3 Å². The Morgan fingerprint density at radius 2 is 2.14 bits per heavy atom. The second kappa shape index (κ2) is 5.38. The van der Waals surface area contributed by atoms with Crippen LogP contribution in [0.1, 0.15) is 5.56 Å². The zero-order valence-corrected chi connectivity index (χ0v) is 12.4. The molecule has 1 aliphatic heterocycles. The number of hydrogen-bond donors (Lipinski definition) is 1. The Labute approximate surface area is 129 Å². The van der Waals surface area contributed by atoms with Gasteiger partial charge in [-0.2, -0.15) is 0 Å². The fourth-order valence-corrected chi connectivity index (χ4v) is 2.81. The number of carbonyl (C=O) groups excluding carboxylic acids is 2. The van der Waals surface area contributed by atoms with E-state index >= 15 is 0 Å². The summed E-state index contributed by atoms with van der Waals surface area (Å²) in [6.07, 6.45) is 1.55. The van der Waals surface area contributed by atoms with Crippen LogP contribution in [0.15, 0.2) is 29.2 Å². The largest absolute Gasteiger partial charge is 0.497 e. The first-order chi connectivity index (χ1) is 10.1. The number of ether oxygens (including phenoxy) is 1. The number of nitrogens with one attached hydrogen (secondary N) is 1. The van der Waals surface area contributed by atoms with E-state index in [-0.39, 0.29) is 5.15 Å². The highest BCUT2D eigenvalue weighted by Crippen LogP contribution is 2.30. The van der Waals surface area contributed by atoms with Gasteiger partial charge >= 0.3 is 0 Å². The van der Waals surface area contributed by atoms with Gasteiger partial charge in [0.2, 0.25) is 0 Å². The van der Waals surface area contributed by atoms with Crippen molar-refractivity contribution in [3.05, 3.63) is 39.9 Å². The van der Waals surface area contributed by atoms with E-state index in [0.29, 0.717) is 16.2 Å². The highest BCUT2D eigenvalue weighted by molar-refractivity contribution is 8.18. The molecule has 106 valence electrons.